The van der Waals surface area contributed by atoms with E-state index in [1.54, 1.807) is 17.0 Å². The van der Waals surface area contributed by atoms with Gasteiger partial charge in [0.05, 0.1) is 15.1 Å². The van der Waals surface area contributed by atoms with Crippen LogP contribution in [0.5, 0.6) is 0 Å². The average Bonchev–Trinajstić information content (AvgIpc) is 3.08. The third-order valence-electron chi connectivity index (χ3n) is 3.91. The number of aromatic nitrogens is 1. The van der Waals surface area contributed by atoms with Gasteiger partial charge in [-0.3, -0.25) is 19.8 Å². The third-order valence-corrected chi connectivity index (χ3v) is 5.29. The van der Waals surface area contributed by atoms with Crippen LogP contribution in [0.25, 0.3) is 16.3 Å². The minimum atomic E-state index is -0.548. The van der Waals surface area contributed by atoms with Crippen molar-refractivity contribution in [3.05, 3.63) is 69.2 Å². The van der Waals surface area contributed by atoms with Crippen LogP contribution in [0.4, 0.5) is 10.8 Å². The number of hydrogen-bond donors (Lipinski definition) is 0. The number of rotatable bonds is 6. The SMILES string of the molecule is CC(C)CN(C(=O)/C=C/c1ccc(Cl)c([N+](=O)[O-])c1)c1nc2ccccc2s1. The highest BCUT2D eigenvalue weighted by Gasteiger charge is 2.19. The van der Waals surface area contributed by atoms with Crippen molar-refractivity contribution in [3.8, 4) is 0 Å². The Morgan fingerprint density at radius 3 is 2.75 bits per heavy atom. The standard InChI is InChI=1S/C20H18ClN3O3S/c1-13(2)12-23(20-22-16-5-3-4-6-18(16)28-20)19(25)10-8-14-7-9-15(21)17(11-14)24(26)27/h3-11,13H,12H2,1-2H3/b10-8+. The maximum Gasteiger partial charge on any atom is 0.288 e. The van der Waals surface area contributed by atoms with Gasteiger partial charge in [0.15, 0.2) is 5.13 Å². The van der Waals surface area contributed by atoms with Crippen molar-refractivity contribution in [3.63, 3.8) is 0 Å². The molecule has 3 aromatic rings. The van der Waals surface area contributed by atoms with Gasteiger partial charge in [0.2, 0.25) is 0 Å². The van der Waals surface area contributed by atoms with E-state index in [-0.39, 0.29) is 22.5 Å². The Balaban J connectivity index is 1.88. The molecule has 0 saturated carbocycles. The lowest BCUT2D eigenvalue weighted by molar-refractivity contribution is -0.384. The fraction of sp³-hybridized carbons (Fsp3) is 0.200. The van der Waals surface area contributed by atoms with E-state index in [4.69, 9.17) is 11.6 Å². The van der Waals surface area contributed by atoms with Crippen molar-refractivity contribution in [2.75, 3.05) is 11.4 Å². The van der Waals surface area contributed by atoms with E-state index in [1.807, 2.05) is 38.1 Å². The molecule has 0 N–H and O–H groups in total. The second kappa shape index (κ2) is 8.50. The topological polar surface area (TPSA) is 76.3 Å². The Kier molecular flexibility index (Phi) is 6.06. The highest BCUT2D eigenvalue weighted by atomic mass is 35.5. The number of fused-ring (bicyclic) bond motifs is 1. The monoisotopic (exact) mass is 415 g/mol. The van der Waals surface area contributed by atoms with Crippen LogP contribution in [0.2, 0.25) is 5.02 Å². The molecule has 0 aliphatic heterocycles. The molecule has 0 aliphatic rings. The summed E-state index contributed by atoms with van der Waals surface area (Å²) in [5.74, 6) is 0.0198. The quantitative estimate of drug-likeness (QED) is 0.300. The van der Waals surface area contributed by atoms with E-state index >= 15 is 0 Å². The van der Waals surface area contributed by atoms with E-state index in [9.17, 15) is 14.9 Å². The summed E-state index contributed by atoms with van der Waals surface area (Å²) in [5.41, 5.74) is 1.18. The summed E-state index contributed by atoms with van der Waals surface area (Å²) in [4.78, 5) is 29.5. The molecule has 6 nitrogen and oxygen atoms in total. The van der Waals surface area contributed by atoms with Gasteiger partial charge in [-0.25, -0.2) is 4.98 Å². The first-order valence-corrected chi connectivity index (χ1v) is 9.83. The zero-order valence-electron chi connectivity index (χ0n) is 15.3. The second-order valence-electron chi connectivity index (χ2n) is 6.61. The molecule has 0 bridgehead atoms. The predicted octanol–water partition coefficient (Wildman–Crippen LogP) is 5.56. The summed E-state index contributed by atoms with van der Waals surface area (Å²) >= 11 is 7.29. The molecule has 28 heavy (non-hydrogen) atoms. The summed E-state index contributed by atoms with van der Waals surface area (Å²) in [6.07, 6.45) is 2.95. The van der Waals surface area contributed by atoms with Crippen LogP contribution >= 0.6 is 22.9 Å². The number of carbonyl (C=O) groups excluding carboxylic acids is 1. The number of amides is 1. The Bertz CT molecular complexity index is 1030. The van der Waals surface area contributed by atoms with Gasteiger partial charge in [0.1, 0.15) is 5.02 Å². The van der Waals surface area contributed by atoms with E-state index in [1.165, 1.54) is 29.5 Å². The fourth-order valence-electron chi connectivity index (χ4n) is 2.63. The number of nitrogens with zero attached hydrogens (tertiary/aromatic N) is 3. The molecule has 144 valence electrons. The molecule has 1 amide bonds. The molecule has 0 unspecified atom stereocenters. The summed E-state index contributed by atoms with van der Waals surface area (Å²) in [6, 6.07) is 12.1. The van der Waals surface area contributed by atoms with Crippen molar-refractivity contribution in [2.45, 2.75) is 13.8 Å². The second-order valence-corrected chi connectivity index (χ2v) is 8.02. The first kappa shape index (κ1) is 20.0. The normalized spacial score (nSPS) is 11.4. The van der Waals surface area contributed by atoms with Crippen LogP contribution in [0, 0.1) is 16.0 Å². The number of anilines is 1. The molecule has 0 atom stereocenters. The molecule has 3 rings (SSSR count). The smallest absolute Gasteiger partial charge is 0.284 e. The maximum atomic E-state index is 12.9. The van der Waals surface area contributed by atoms with Crippen LogP contribution in [-0.2, 0) is 4.79 Å². The minimum Gasteiger partial charge on any atom is -0.284 e. The molecule has 0 spiro atoms. The van der Waals surface area contributed by atoms with Crippen LogP contribution in [-0.4, -0.2) is 22.4 Å². The highest BCUT2D eigenvalue weighted by Crippen LogP contribution is 2.30. The summed E-state index contributed by atoms with van der Waals surface area (Å²) in [5, 5.41) is 11.7. The Morgan fingerprint density at radius 1 is 1.32 bits per heavy atom. The summed E-state index contributed by atoms with van der Waals surface area (Å²) in [6.45, 7) is 4.57. The lowest BCUT2D eigenvalue weighted by atomic mass is 10.1. The van der Waals surface area contributed by atoms with Crippen LogP contribution in [0.1, 0.15) is 19.4 Å². The van der Waals surface area contributed by atoms with Crippen molar-refractivity contribution in [2.24, 2.45) is 5.92 Å². The Hall–Kier alpha value is -2.77. The van der Waals surface area contributed by atoms with Crippen molar-refractivity contribution >= 4 is 56.0 Å². The van der Waals surface area contributed by atoms with Gasteiger partial charge >= 0.3 is 0 Å². The zero-order chi connectivity index (χ0) is 20.3. The molecule has 2 aromatic carbocycles. The van der Waals surface area contributed by atoms with Gasteiger partial charge < -0.3 is 0 Å². The number of thiazole rings is 1. The number of nitro groups is 1. The molecule has 1 heterocycles. The molecule has 0 fully saturated rings. The van der Waals surface area contributed by atoms with Crippen molar-refractivity contribution in [1.82, 2.24) is 4.98 Å². The first-order chi connectivity index (χ1) is 13.3. The van der Waals surface area contributed by atoms with Gasteiger partial charge in [-0.05, 0) is 35.8 Å². The summed E-state index contributed by atoms with van der Waals surface area (Å²) in [7, 11) is 0. The highest BCUT2D eigenvalue weighted by molar-refractivity contribution is 7.22. The number of benzene rings is 2. The maximum absolute atomic E-state index is 12.9. The molecule has 8 heteroatoms. The van der Waals surface area contributed by atoms with Gasteiger partial charge in [-0.1, -0.05) is 55.0 Å². The zero-order valence-corrected chi connectivity index (χ0v) is 16.9. The third kappa shape index (κ3) is 4.55. The minimum absolute atomic E-state index is 0.0596. The molecule has 0 radical (unpaired) electrons. The lowest BCUT2D eigenvalue weighted by Crippen LogP contribution is -2.32. The van der Waals surface area contributed by atoms with Crippen LogP contribution < -0.4 is 4.90 Å². The average molecular weight is 416 g/mol. The van der Waals surface area contributed by atoms with E-state index in [0.29, 0.717) is 17.2 Å². The number of carbonyl (C=O) groups is 1. The van der Waals surface area contributed by atoms with E-state index in [2.05, 4.69) is 4.98 Å². The van der Waals surface area contributed by atoms with Gasteiger partial charge in [0, 0.05) is 18.7 Å². The summed E-state index contributed by atoms with van der Waals surface area (Å²) < 4.78 is 1.01. The van der Waals surface area contributed by atoms with Crippen molar-refractivity contribution < 1.29 is 9.72 Å². The van der Waals surface area contributed by atoms with Gasteiger partial charge in [0.25, 0.3) is 11.6 Å². The van der Waals surface area contributed by atoms with Crippen molar-refractivity contribution in [1.29, 1.82) is 0 Å². The predicted molar refractivity (Wildman–Crippen MR) is 114 cm³/mol. The van der Waals surface area contributed by atoms with E-state index in [0.717, 1.165) is 10.2 Å². The van der Waals surface area contributed by atoms with E-state index < -0.39 is 4.92 Å². The molecule has 0 aliphatic carbocycles. The number of nitro benzene ring substituents is 1. The number of halogens is 1. The lowest BCUT2D eigenvalue weighted by Gasteiger charge is -2.20. The van der Waals surface area contributed by atoms with Gasteiger partial charge in [-0.15, -0.1) is 0 Å². The Morgan fingerprint density at radius 2 is 2.07 bits per heavy atom. The fourth-order valence-corrected chi connectivity index (χ4v) is 3.80. The Labute approximate surface area is 171 Å². The number of hydrogen-bond acceptors (Lipinski definition) is 5. The molecular weight excluding hydrogens is 398 g/mol. The number of para-hydroxylation sites is 1. The molecule has 1 aromatic heterocycles. The van der Waals surface area contributed by atoms with Crippen LogP contribution in [0.3, 0.4) is 0 Å². The van der Waals surface area contributed by atoms with Gasteiger partial charge in [-0.2, -0.15) is 0 Å². The first-order valence-electron chi connectivity index (χ1n) is 8.64. The largest absolute Gasteiger partial charge is 0.288 e. The molecular formula is C20H18ClN3O3S. The molecule has 0 saturated heterocycles. The van der Waals surface area contributed by atoms with Crippen LogP contribution in [0.15, 0.2) is 48.5 Å².